The van der Waals surface area contributed by atoms with Crippen LogP contribution >= 0.6 is 0 Å². The van der Waals surface area contributed by atoms with E-state index in [-0.39, 0.29) is 40.5 Å². The zero-order valence-corrected chi connectivity index (χ0v) is 18.3. The molecular formula is C20H21F3N4O4S. The summed E-state index contributed by atoms with van der Waals surface area (Å²) in [5, 5.41) is 0. The van der Waals surface area contributed by atoms with Crippen molar-refractivity contribution in [3.8, 4) is 16.9 Å². The lowest BCUT2D eigenvalue weighted by molar-refractivity contribution is -0.147. The molecule has 12 heteroatoms. The molecule has 0 amide bonds. The number of nitrogens with zero attached hydrogens (tertiary/aromatic N) is 3. The van der Waals surface area contributed by atoms with Crippen molar-refractivity contribution in [1.29, 1.82) is 0 Å². The molecule has 0 unspecified atom stereocenters. The van der Waals surface area contributed by atoms with Crippen LogP contribution in [0.25, 0.3) is 22.2 Å². The standard InChI is InChI=1S/C20H21F3N4O4S/c1-26-10-13(8-16(31-2)18(26)28)12-6-14(25-32(3,29)30)17-15(7-12)27(9-11-4-5-11)19(24-17)20(21,22)23/h6-8,10-11,25H,4-5,9H2,1-3H3. The number of methoxy groups -OCH3 is 1. The van der Waals surface area contributed by atoms with Crippen molar-refractivity contribution in [2.45, 2.75) is 25.6 Å². The summed E-state index contributed by atoms with van der Waals surface area (Å²) in [5.41, 5.74) is 0.473. The average Bonchev–Trinajstić information content (AvgIpc) is 3.41. The Kier molecular flexibility index (Phi) is 5.23. The quantitative estimate of drug-likeness (QED) is 0.597. The Labute approximate surface area is 181 Å². The van der Waals surface area contributed by atoms with E-state index >= 15 is 0 Å². The van der Waals surface area contributed by atoms with Crippen LogP contribution < -0.4 is 15.0 Å². The van der Waals surface area contributed by atoms with Crippen molar-refractivity contribution >= 4 is 26.7 Å². The summed E-state index contributed by atoms with van der Waals surface area (Å²) >= 11 is 0. The SMILES string of the molecule is COc1cc(-c2cc(NS(C)(=O)=O)c3nc(C(F)(F)F)n(CC4CC4)c3c2)cn(C)c1=O. The Morgan fingerprint density at radius 1 is 1.22 bits per heavy atom. The molecule has 0 radical (unpaired) electrons. The number of aryl methyl sites for hydroxylation is 1. The zero-order chi connectivity index (χ0) is 23.4. The Morgan fingerprint density at radius 2 is 1.91 bits per heavy atom. The van der Waals surface area contributed by atoms with E-state index < -0.39 is 22.0 Å². The van der Waals surface area contributed by atoms with Crippen LogP contribution in [0.5, 0.6) is 5.75 Å². The number of rotatable bonds is 6. The number of halogens is 3. The fraction of sp³-hybridized carbons (Fsp3) is 0.400. The highest BCUT2D eigenvalue weighted by molar-refractivity contribution is 7.92. The Hall–Kier alpha value is -3.02. The van der Waals surface area contributed by atoms with Crippen LogP contribution in [0, 0.1) is 5.92 Å². The summed E-state index contributed by atoms with van der Waals surface area (Å²) in [5.74, 6) is -0.919. The number of hydrogen-bond donors (Lipinski definition) is 1. The van der Waals surface area contributed by atoms with Crippen molar-refractivity contribution in [2.75, 3.05) is 18.1 Å². The maximum atomic E-state index is 13.8. The van der Waals surface area contributed by atoms with E-state index in [9.17, 15) is 26.4 Å². The second kappa shape index (κ2) is 7.54. The molecule has 172 valence electrons. The van der Waals surface area contributed by atoms with Gasteiger partial charge in [0.2, 0.25) is 15.8 Å². The van der Waals surface area contributed by atoms with Gasteiger partial charge >= 0.3 is 6.18 Å². The normalized spacial score (nSPS) is 14.7. The first-order chi connectivity index (χ1) is 14.9. The Balaban J connectivity index is 2.03. The largest absolute Gasteiger partial charge is 0.491 e. The van der Waals surface area contributed by atoms with Crippen molar-refractivity contribution in [2.24, 2.45) is 13.0 Å². The molecule has 1 aliphatic rings. The Morgan fingerprint density at radius 3 is 2.47 bits per heavy atom. The molecule has 0 aliphatic heterocycles. The molecule has 2 aromatic heterocycles. The molecule has 1 aromatic carbocycles. The average molecular weight is 470 g/mol. The number of pyridine rings is 1. The lowest BCUT2D eigenvalue weighted by Crippen LogP contribution is -2.17. The molecule has 32 heavy (non-hydrogen) atoms. The van der Waals surface area contributed by atoms with Gasteiger partial charge in [0.25, 0.3) is 5.56 Å². The molecule has 0 bridgehead atoms. The van der Waals surface area contributed by atoms with Gasteiger partial charge in [0.1, 0.15) is 5.52 Å². The molecule has 4 rings (SSSR count). The van der Waals surface area contributed by atoms with Crippen LogP contribution in [0.2, 0.25) is 0 Å². The van der Waals surface area contributed by atoms with Gasteiger partial charge in [-0.3, -0.25) is 9.52 Å². The summed E-state index contributed by atoms with van der Waals surface area (Å²) in [7, 11) is -0.956. The molecule has 1 fully saturated rings. The van der Waals surface area contributed by atoms with Gasteiger partial charge in [-0.05, 0) is 42.5 Å². The molecule has 1 N–H and O–H groups in total. The van der Waals surface area contributed by atoms with E-state index in [1.807, 2.05) is 0 Å². The monoisotopic (exact) mass is 470 g/mol. The third-order valence-electron chi connectivity index (χ3n) is 5.24. The molecule has 0 atom stereocenters. The Bertz CT molecular complexity index is 1370. The molecule has 3 aromatic rings. The van der Waals surface area contributed by atoms with Gasteiger partial charge in [-0.1, -0.05) is 0 Å². The zero-order valence-electron chi connectivity index (χ0n) is 17.5. The van der Waals surface area contributed by atoms with Gasteiger partial charge in [-0.25, -0.2) is 13.4 Å². The first-order valence-electron chi connectivity index (χ1n) is 9.71. The van der Waals surface area contributed by atoms with Gasteiger partial charge in [-0.2, -0.15) is 13.2 Å². The van der Waals surface area contributed by atoms with Gasteiger partial charge in [0.05, 0.1) is 24.6 Å². The molecule has 2 heterocycles. The summed E-state index contributed by atoms with van der Waals surface area (Å²) in [4.78, 5) is 15.9. The lowest BCUT2D eigenvalue weighted by atomic mass is 10.1. The highest BCUT2D eigenvalue weighted by Crippen LogP contribution is 2.40. The van der Waals surface area contributed by atoms with Crippen LogP contribution in [0.4, 0.5) is 18.9 Å². The van der Waals surface area contributed by atoms with Crippen molar-refractivity contribution in [3.05, 3.63) is 40.6 Å². The molecule has 0 saturated heterocycles. The van der Waals surface area contributed by atoms with Gasteiger partial charge < -0.3 is 13.9 Å². The number of nitrogens with one attached hydrogen (secondary N) is 1. The summed E-state index contributed by atoms with van der Waals surface area (Å²) in [6.07, 6.45) is -0.655. The van der Waals surface area contributed by atoms with Crippen molar-refractivity contribution in [3.63, 3.8) is 0 Å². The van der Waals surface area contributed by atoms with E-state index in [1.54, 1.807) is 0 Å². The van der Waals surface area contributed by atoms with E-state index in [2.05, 4.69) is 9.71 Å². The van der Waals surface area contributed by atoms with Crippen LogP contribution in [-0.4, -0.2) is 35.9 Å². The highest BCUT2D eigenvalue weighted by atomic mass is 32.2. The van der Waals surface area contributed by atoms with Gasteiger partial charge in [-0.15, -0.1) is 0 Å². The molecule has 0 spiro atoms. The topological polar surface area (TPSA) is 95.2 Å². The predicted octanol–water partition coefficient (Wildman–Crippen LogP) is 3.21. The molecule has 8 nitrogen and oxygen atoms in total. The van der Waals surface area contributed by atoms with E-state index in [0.29, 0.717) is 11.1 Å². The maximum absolute atomic E-state index is 13.8. The first kappa shape index (κ1) is 22.2. The number of alkyl halides is 3. The predicted molar refractivity (Wildman–Crippen MR) is 113 cm³/mol. The van der Waals surface area contributed by atoms with E-state index in [4.69, 9.17) is 4.74 Å². The smallest absolute Gasteiger partial charge is 0.449 e. The van der Waals surface area contributed by atoms with Crippen LogP contribution in [0.1, 0.15) is 18.7 Å². The van der Waals surface area contributed by atoms with Crippen molar-refractivity contribution in [1.82, 2.24) is 14.1 Å². The summed E-state index contributed by atoms with van der Waals surface area (Å²) < 4.78 is 74.9. The van der Waals surface area contributed by atoms with Gasteiger partial charge in [0.15, 0.2) is 5.75 Å². The van der Waals surface area contributed by atoms with Gasteiger partial charge in [0, 0.05) is 25.4 Å². The number of imidazole rings is 1. The number of benzene rings is 1. The summed E-state index contributed by atoms with van der Waals surface area (Å²) in [6.45, 7) is 0.129. The van der Waals surface area contributed by atoms with Crippen LogP contribution in [0.3, 0.4) is 0 Å². The van der Waals surface area contributed by atoms with E-state index in [0.717, 1.165) is 23.7 Å². The third kappa shape index (κ3) is 4.31. The number of sulfonamides is 1. The number of ether oxygens (including phenoxy) is 1. The number of fused-ring (bicyclic) bond motifs is 1. The second-order valence-electron chi connectivity index (χ2n) is 7.97. The number of aromatic nitrogens is 3. The molecular weight excluding hydrogens is 449 g/mol. The second-order valence-corrected chi connectivity index (χ2v) is 9.71. The third-order valence-corrected chi connectivity index (χ3v) is 5.83. The fourth-order valence-corrected chi connectivity index (χ4v) is 4.17. The highest BCUT2D eigenvalue weighted by Gasteiger charge is 2.39. The minimum Gasteiger partial charge on any atom is -0.491 e. The van der Waals surface area contributed by atoms with Crippen LogP contribution in [0.15, 0.2) is 29.2 Å². The molecule has 1 aliphatic carbocycles. The minimum atomic E-state index is -4.71. The van der Waals surface area contributed by atoms with E-state index in [1.165, 1.54) is 43.1 Å². The van der Waals surface area contributed by atoms with Crippen LogP contribution in [-0.2, 0) is 29.8 Å². The minimum absolute atomic E-state index is 0.0465. The number of hydrogen-bond acceptors (Lipinski definition) is 5. The maximum Gasteiger partial charge on any atom is 0.449 e. The first-order valence-corrected chi connectivity index (χ1v) is 11.6. The molecule has 1 saturated carbocycles. The number of anilines is 1. The van der Waals surface area contributed by atoms with Crippen molar-refractivity contribution < 1.29 is 26.3 Å². The fourth-order valence-electron chi connectivity index (χ4n) is 3.61. The summed E-state index contributed by atoms with van der Waals surface area (Å²) in [6, 6.07) is 4.38. The lowest BCUT2D eigenvalue weighted by Gasteiger charge is -2.13.